The van der Waals surface area contributed by atoms with Crippen molar-refractivity contribution in [1.29, 1.82) is 0 Å². The second-order valence-corrected chi connectivity index (χ2v) is 7.23. The molecule has 30 heavy (non-hydrogen) atoms. The highest BCUT2D eigenvalue weighted by atomic mass is 19.3. The van der Waals surface area contributed by atoms with Crippen LogP contribution in [0.15, 0.2) is 36.5 Å². The van der Waals surface area contributed by atoms with Gasteiger partial charge < -0.3 is 19.3 Å². The molecule has 2 aliphatic heterocycles. The second-order valence-electron chi connectivity index (χ2n) is 7.23. The normalized spacial score (nSPS) is 17.7. The van der Waals surface area contributed by atoms with Crippen LogP contribution in [0.1, 0.15) is 33.6 Å². The Hall–Kier alpha value is -3.23. The van der Waals surface area contributed by atoms with Gasteiger partial charge in [-0.25, -0.2) is 18.6 Å². The molecule has 0 unspecified atom stereocenters. The van der Waals surface area contributed by atoms with Crippen molar-refractivity contribution in [3.63, 3.8) is 0 Å². The van der Waals surface area contributed by atoms with Crippen LogP contribution in [0.4, 0.5) is 20.3 Å². The number of likely N-dealkylation sites (tertiary alicyclic amines) is 1. The van der Waals surface area contributed by atoms with Crippen LogP contribution in [0.2, 0.25) is 0 Å². The van der Waals surface area contributed by atoms with Gasteiger partial charge in [0.15, 0.2) is 11.6 Å². The van der Waals surface area contributed by atoms with Crippen molar-refractivity contribution < 1.29 is 27.8 Å². The van der Waals surface area contributed by atoms with Crippen molar-refractivity contribution in [2.75, 3.05) is 38.3 Å². The number of anilines is 2. The van der Waals surface area contributed by atoms with Crippen LogP contribution < -0.4 is 9.64 Å². The predicted molar refractivity (Wildman–Crippen MR) is 105 cm³/mol. The first-order chi connectivity index (χ1) is 14.4. The van der Waals surface area contributed by atoms with Crippen LogP contribution in [0.3, 0.4) is 0 Å². The Kier molecular flexibility index (Phi) is 5.27. The lowest BCUT2D eigenvalue weighted by molar-refractivity contribution is -0.0494. The summed E-state index contributed by atoms with van der Waals surface area (Å²) in [5, 5.41) is 0. The summed E-state index contributed by atoms with van der Waals surface area (Å²) in [7, 11) is 1.33. The fourth-order valence-corrected chi connectivity index (χ4v) is 3.58. The molecule has 9 heteroatoms. The number of esters is 1. The van der Waals surface area contributed by atoms with E-state index in [1.54, 1.807) is 30.3 Å². The topological polar surface area (TPSA) is 72.0 Å². The fraction of sp³-hybridized carbons (Fsp3) is 0.381. The standard InChI is InChI=1S/C21H21F2N3O4/c1-29-20(28)14-2-4-16(5-3-14)26-10-11-30-17-12-15(13-24-18(17)26)19(27)25-8-6-21(22,23)7-9-25/h2-5,12-13H,6-11H2,1H3. The Bertz CT molecular complexity index is 955. The molecule has 158 valence electrons. The van der Waals surface area contributed by atoms with Gasteiger partial charge in [0, 0.05) is 37.8 Å². The van der Waals surface area contributed by atoms with Crippen molar-refractivity contribution in [1.82, 2.24) is 9.88 Å². The number of nitrogens with zero attached hydrogens (tertiary/aromatic N) is 3. The van der Waals surface area contributed by atoms with Crippen molar-refractivity contribution in [3.05, 3.63) is 47.7 Å². The van der Waals surface area contributed by atoms with Gasteiger partial charge in [0.05, 0.1) is 24.8 Å². The number of carbonyl (C=O) groups is 2. The van der Waals surface area contributed by atoms with E-state index in [9.17, 15) is 18.4 Å². The molecule has 0 bridgehead atoms. The number of carbonyl (C=O) groups excluding carboxylic acids is 2. The lowest BCUT2D eigenvalue weighted by Gasteiger charge is -2.33. The number of amides is 1. The van der Waals surface area contributed by atoms with Crippen molar-refractivity contribution in [2.24, 2.45) is 0 Å². The van der Waals surface area contributed by atoms with Gasteiger partial charge in [-0.1, -0.05) is 0 Å². The van der Waals surface area contributed by atoms with E-state index in [4.69, 9.17) is 9.47 Å². The Morgan fingerprint density at radius 2 is 1.80 bits per heavy atom. The number of rotatable bonds is 3. The highest BCUT2D eigenvalue weighted by Crippen LogP contribution is 2.36. The molecule has 2 aromatic rings. The molecule has 1 aromatic carbocycles. The zero-order chi connectivity index (χ0) is 21.3. The summed E-state index contributed by atoms with van der Waals surface area (Å²) in [5.41, 5.74) is 1.56. The van der Waals surface area contributed by atoms with Crippen molar-refractivity contribution >= 4 is 23.4 Å². The lowest BCUT2D eigenvalue weighted by atomic mass is 10.1. The number of ether oxygens (including phenoxy) is 2. The zero-order valence-electron chi connectivity index (χ0n) is 16.4. The third kappa shape index (κ3) is 3.92. The molecular formula is C21H21F2N3O4. The van der Waals surface area contributed by atoms with Gasteiger partial charge >= 0.3 is 5.97 Å². The monoisotopic (exact) mass is 417 g/mol. The maximum atomic E-state index is 13.4. The van der Waals surface area contributed by atoms with Gasteiger partial charge in [-0.3, -0.25) is 4.79 Å². The van der Waals surface area contributed by atoms with E-state index in [0.717, 1.165) is 5.69 Å². The molecule has 1 fully saturated rings. The minimum absolute atomic E-state index is 0.0163. The molecule has 3 heterocycles. The van der Waals surface area contributed by atoms with Gasteiger partial charge in [0.25, 0.3) is 11.8 Å². The minimum Gasteiger partial charge on any atom is -0.488 e. The summed E-state index contributed by atoms with van der Waals surface area (Å²) < 4.78 is 37.1. The summed E-state index contributed by atoms with van der Waals surface area (Å²) in [6, 6.07) is 8.51. The van der Waals surface area contributed by atoms with Gasteiger partial charge in [0.2, 0.25) is 0 Å². The number of piperidine rings is 1. The van der Waals surface area contributed by atoms with Gasteiger partial charge in [-0.05, 0) is 30.3 Å². The molecule has 4 rings (SSSR count). The van der Waals surface area contributed by atoms with E-state index in [1.165, 1.54) is 18.2 Å². The van der Waals surface area contributed by atoms with Gasteiger partial charge in [0.1, 0.15) is 6.61 Å². The van der Waals surface area contributed by atoms with E-state index in [0.29, 0.717) is 35.8 Å². The molecule has 0 saturated carbocycles. The maximum absolute atomic E-state index is 13.4. The van der Waals surface area contributed by atoms with Crippen LogP contribution in [0.5, 0.6) is 5.75 Å². The summed E-state index contributed by atoms with van der Waals surface area (Å²) in [6.45, 7) is 0.970. The molecule has 2 aliphatic rings. The molecule has 1 aromatic heterocycles. The number of methoxy groups -OCH3 is 1. The Morgan fingerprint density at radius 3 is 2.47 bits per heavy atom. The molecule has 0 spiro atoms. The number of pyridine rings is 1. The number of aromatic nitrogens is 1. The van der Waals surface area contributed by atoms with Crippen molar-refractivity contribution in [3.8, 4) is 5.75 Å². The highest BCUT2D eigenvalue weighted by Gasteiger charge is 2.36. The van der Waals surface area contributed by atoms with Gasteiger partial charge in [-0.2, -0.15) is 0 Å². The Balaban J connectivity index is 1.54. The molecule has 0 aliphatic carbocycles. The van der Waals surface area contributed by atoms with E-state index >= 15 is 0 Å². The molecule has 0 atom stereocenters. The summed E-state index contributed by atoms with van der Waals surface area (Å²) in [5.74, 6) is -2.46. The second kappa shape index (κ2) is 7.89. The first-order valence-corrected chi connectivity index (χ1v) is 9.64. The SMILES string of the molecule is COC(=O)c1ccc(N2CCOc3cc(C(=O)N4CCC(F)(F)CC4)cnc32)cc1. The number of hydrogen-bond donors (Lipinski definition) is 0. The minimum atomic E-state index is -2.71. The lowest BCUT2D eigenvalue weighted by Crippen LogP contribution is -2.42. The van der Waals surface area contributed by atoms with E-state index in [1.807, 2.05) is 4.90 Å². The summed E-state index contributed by atoms with van der Waals surface area (Å²) >= 11 is 0. The number of fused-ring (bicyclic) bond motifs is 1. The van der Waals surface area contributed by atoms with E-state index in [2.05, 4.69) is 4.98 Å². The van der Waals surface area contributed by atoms with Crippen LogP contribution in [-0.4, -0.2) is 61.0 Å². The zero-order valence-corrected chi connectivity index (χ0v) is 16.4. The third-order valence-electron chi connectivity index (χ3n) is 5.29. The molecule has 0 N–H and O–H groups in total. The summed E-state index contributed by atoms with van der Waals surface area (Å²) in [6.07, 6.45) is 0.782. The average Bonchev–Trinajstić information content (AvgIpc) is 2.77. The van der Waals surface area contributed by atoms with E-state index < -0.39 is 11.9 Å². The van der Waals surface area contributed by atoms with Crippen LogP contribution >= 0.6 is 0 Å². The molecule has 7 nitrogen and oxygen atoms in total. The van der Waals surface area contributed by atoms with Crippen molar-refractivity contribution in [2.45, 2.75) is 18.8 Å². The molecule has 0 radical (unpaired) electrons. The number of halogens is 2. The first kappa shape index (κ1) is 20.1. The number of benzene rings is 1. The Morgan fingerprint density at radius 1 is 1.10 bits per heavy atom. The fourth-order valence-electron chi connectivity index (χ4n) is 3.58. The molecule has 1 saturated heterocycles. The first-order valence-electron chi connectivity index (χ1n) is 9.64. The largest absolute Gasteiger partial charge is 0.488 e. The van der Waals surface area contributed by atoms with Gasteiger partial charge in [-0.15, -0.1) is 0 Å². The van der Waals surface area contributed by atoms with Crippen LogP contribution in [-0.2, 0) is 4.74 Å². The number of hydrogen-bond acceptors (Lipinski definition) is 6. The van der Waals surface area contributed by atoms with E-state index in [-0.39, 0.29) is 31.8 Å². The maximum Gasteiger partial charge on any atom is 0.337 e. The molecule has 1 amide bonds. The Labute approximate surface area is 172 Å². The van der Waals surface area contributed by atoms with Crippen LogP contribution in [0, 0.1) is 0 Å². The smallest absolute Gasteiger partial charge is 0.337 e. The summed E-state index contributed by atoms with van der Waals surface area (Å²) in [4.78, 5) is 32.1. The third-order valence-corrected chi connectivity index (χ3v) is 5.29. The van der Waals surface area contributed by atoms with Crippen LogP contribution in [0.25, 0.3) is 0 Å². The highest BCUT2D eigenvalue weighted by molar-refractivity contribution is 5.95. The number of alkyl halides is 2. The molecular weight excluding hydrogens is 396 g/mol. The predicted octanol–water partition coefficient (Wildman–Crippen LogP) is 3.27. The average molecular weight is 417 g/mol. The quantitative estimate of drug-likeness (QED) is 0.714.